The summed E-state index contributed by atoms with van der Waals surface area (Å²) >= 11 is 0. The first kappa shape index (κ1) is 17.3. The second kappa shape index (κ2) is 6.25. The molecule has 8 nitrogen and oxygen atoms in total. The van der Waals surface area contributed by atoms with E-state index in [1.54, 1.807) is 24.3 Å². The maximum Gasteiger partial charge on any atom is 0.227 e. The van der Waals surface area contributed by atoms with E-state index in [-0.39, 0.29) is 34.4 Å². The van der Waals surface area contributed by atoms with Crippen LogP contribution in [0.25, 0.3) is 0 Å². The van der Waals surface area contributed by atoms with Gasteiger partial charge in [-0.1, -0.05) is 12.1 Å². The molecule has 0 radical (unpaired) electrons. The zero-order valence-corrected chi connectivity index (χ0v) is 14.8. The predicted molar refractivity (Wildman–Crippen MR) is 102 cm³/mol. The first-order chi connectivity index (χ1) is 13.4. The van der Waals surface area contributed by atoms with E-state index in [4.69, 9.17) is 20.9 Å². The molecule has 0 spiro atoms. The molecule has 28 heavy (non-hydrogen) atoms. The first-order valence-corrected chi connectivity index (χ1v) is 8.31. The van der Waals surface area contributed by atoms with Crippen LogP contribution in [0.15, 0.2) is 36.4 Å². The third-order valence-electron chi connectivity index (χ3n) is 4.72. The smallest absolute Gasteiger partial charge is 0.227 e. The molecule has 1 aliphatic heterocycles. The van der Waals surface area contributed by atoms with E-state index in [0.717, 1.165) is 0 Å². The minimum atomic E-state index is -0.503. The van der Waals surface area contributed by atoms with Gasteiger partial charge < -0.3 is 31.2 Å². The second-order valence-electron chi connectivity index (χ2n) is 6.30. The Hall–Kier alpha value is -4.12. The van der Waals surface area contributed by atoms with Gasteiger partial charge in [0.05, 0.1) is 18.4 Å². The summed E-state index contributed by atoms with van der Waals surface area (Å²) < 4.78 is 10.9. The molecule has 0 amide bonds. The molecule has 1 unspecified atom stereocenters. The number of benzene rings is 2. The Balaban J connectivity index is 2.03. The standard InChI is InChI=1S/C20H16N4O4/c1-27-14-5-2-9(6-13(14)26)16-11-4-3-10(25)7-15(11)28-20-17(16)18(22)12(8-21)19(23)24-20/h2-7,16,25-26H,1H3,(H4,22,23,24). The summed E-state index contributed by atoms with van der Waals surface area (Å²) in [6.45, 7) is 0. The van der Waals surface area contributed by atoms with E-state index >= 15 is 0 Å². The van der Waals surface area contributed by atoms with Crippen LogP contribution in [-0.4, -0.2) is 22.3 Å². The molecule has 6 N–H and O–H groups in total. The number of hydrogen-bond acceptors (Lipinski definition) is 8. The number of aromatic hydroxyl groups is 2. The summed E-state index contributed by atoms with van der Waals surface area (Å²) in [5.74, 6) is 0.276. The summed E-state index contributed by atoms with van der Waals surface area (Å²) in [6.07, 6.45) is 0. The Labute approximate surface area is 160 Å². The van der Waals surface area contributed by atoms with Crippen molar-refractivity contribution in [1.82, 2.24) is 4.98 Å². The molecule has 0 aliphatic carbocycles. The molecule has 2 aromatic carbocycles. The van der Waals surface area contributed by atoms with Gasteiger partial charge in [-0.2, -0.15) is 10.2 Å². The number of hydrogen-bond donors (Lipinski definition) is 4. The fraction of sp³-hybridized carbons (Fsp3) is 0.100. The van der Waals surface area contributed by atoms with Crippen LogP contribution in [0.2, 0.25) is 0 Å². The van der Waals surface area contributed by atoms with E-state index in [9.17, 15) is 15.5 Å². The van der Waals surface area contributed by atoms with Crippen LogP contribution in [0, 0.1) is 11.3 Å². The molecule has 1 aromatic heterocycles. The van der Waals surface area contributed by atoms with Crippen molar-refractivity contribution in [2.24, 2.45) is 0 Å². The van der Waals surface area contributed by atoms with Gasteiger partial charge in [0, 0.05) is 17.5 Å². The zero-order valence-electron chi connectivity index (χ0n) is 14.8. The van der Waals surface area contributed by atoms with Crippen LogP contribution in [0.1, 0.15) is 28.2 Å². The number of nitrogen functional groups attached to an aromatic ring is 2. The number of anilines is 2. The molecular weight excluding hydrogens is 360 g/mol. The SMILES string of the molecule is COc1ccc(C2c3ccc(O)cc3Oc3nc(N)c(C#N)c(N)c32)cc1O. The summed E-state index contributed by atoms with van der Waals surface area (Å²) in [4.78, 5) is 4.19. The Kier molecular flexibility index (Phi) is 3.86. The molecule has 140 valence electrons. The Morgan fingerprint density at radius 1 is 1.18 bits per heavy atom. The molecule has 4 rings (SSSR count). The highest BCUT2D eigenvalue weighted by Crippen LogP contribution is 2.51. The summed E-state index contributed by atoms with van der Waals surface area (Å²) in [5.41, 5.74) is 14.2. The molecule has 0 bridgehead atoms. The predicted octanol–water partition coefficient (Wildman–Crippen LogP) is 2.82. The van der Waals surface area contributed by atoms with Crippen molar-refractivity contribution < 1.29 is 19.7 Å². The van der Waals surface area contributed by atoms with Crippen molar-refractivity contribution >= 4 is 11.5 Å². The van der Waals surface area contributed by atoms with Gasteiger partial charge >= 0.3 is 0 Å². The number of ether oxygens (including phenoxy) is 2. The van der Waals surface area contributed by atoms with E-state index < -0.39 is 5.92 Å². The number of methoxy groups -OCH3 is 1. The Bertz CT molecular complexity index is 1150. The average molecular weight is 376 g/mol. The quantitative estimate of drug-likeness (QED) is 0.417. The van der Waals surface area contributed by atoms with Gasteiger partial charge in [0.25, 0.3) is 0 Å². The van der Waals surface area contributed by atoms with E-state index in [1.807, 2.05) is 6.07 Å². The van der Waals surface area contributed by atoms with Crippen molar-refractivity contribution in [3.63, 3.8) is 0 Å². The molecule has 0 saturated carbocycles. The molecule has 2 heterocycles. The minimum Gasteiger partial charge on any atom is -0.508 e. The van der Waals surface area contributed by atoms with Crippen LogP contribution in [0.3, 0.4) is 0 Å². The van der Waals surface area contributed by atoms with Gasteiger partial charge in [-0.3, -0.25) is 0 Å². The van der Waals surface area contributed by atoms with E-state index in [2.05, 4.69) is 4.98 Å². The number of pyridine rings is 1. The summed E-state index contributed by atoms with van der Waals surface area (Å²) in [5, 5.41) is 29.5. The second-order valence-corrected chi connectivity index (χ2v) is 6.30. The third-order valence-corrected chi connectivity index (χ3v) is 4.72. The molecule has 1 atom stereocenters. The van der Waals surface area contributed by atoms with Crippen molar-refractivity contribution in [3.8, 4) is 34.9 Å². The number of phenols is 2. The number of nitrogens with zero attached hydrogens (tertiary/aromatic N) is 2. The van der Waals surface area contributed by atoms with Crippen LogP contribution in [0.4, 0.5) is 11.5 Å². The van der Waals surface area contributed by atoms with Crippen LogP contribution < -0.4 is 20.9 Å². The lowest BCUT2D eigenvalue weighted by molar-refractivity contribution is 0.373. The number of nitriles is 1. The number of nitrogens with two attached hydrogens (primary N) is 2. The molecule has 8 heteroatoms. The van der Waals surface area contributed by atoms with Crippen molar-refractivity contribution in [3.05, 3.63) is 58.7 Å². The number of fused-ring (bicyclic) bond motifs is 2. The van der Waals surface area contributed by atoms with Gasteiger partial charge in [0.2, 0.25) is 5.88 Å². The average Bonchev–Trinajstić information content (AvgIpc) is 2.66. The number of rotatable bonds is 2. The maximum atomic E-state index is 10.3. The summed E-state index contributed by atoms with van der Waals surface area (Å²) in [7, 11) is 1.46. The highest BCUT2D eigenvalue weighted by Gasteiger charge is 2.34. The largest absolute Gasteiger partial charge is 0.508 e. The number of phenolic OH excluding ortho intramolecular Hbond substituents is 2. The Morgan fingerprint density at radius 2 is 1.96 bits per heavy atom. The highest BCUT2D eigenvalue weighted by molar-refractivity contribution is 5.75. The van der Waals surface area contributed by atoms with E-state index in [0.29, 0.717) is 28.2 Å². The van der Waals surface area contributed by atoms with Crippen LogP contribution in [-0.2, 0) is 0 Å². The first-order valence-electron chi connectivity index (χ1n) is 8.31. The lowest BCUT2D eigenvalue weighted by atomic mass is 9.82. The van der Waals surface area contributed by atoms with Crippen molar-refractivity contribution in [1.29, 1.82) is 5.26 Å². The van der Waals surface area contributed by atoms with Crippen molar-refractivity contribution in [2.45, 2.75) is 5.92 Å². The fourth-order valence-electron chi connectivity index (χ4n) is 3.43. The van der Waals surface area contributed by atoms with Gasteiger partial charge in [-0.25, -0.2) is 0 Å². The van der Waals surface area contributed by atoms with Gasteiger partial charge in [0.1, 0.15) is 28.9 Å². The normalized spacial score (nSPS) is 14.4. The third kappa shape index (κ3) is 2.49. The molecule has 1 aliphatic rings. The molecular formula is C20H16N4O4. The molecule has 0 saturated heterocycles. The highest BCUT2D eigenvalue weighted by atomic mass is 16.5. The minimum absolute atomic E-state index is 0.0214. The van der Waals surface area contributed by atoms with Crippen molar-refractivity contribution in [2.75, 3.05) is 18.6 Å². The van der Waals surface area contributed by atoms with Gasteiger partial charge in [-0.15, -0.1) is 0 Å². The lowest BCUT2D eigenvalue weighted by Crippen LogP contribution is -2.17. The summed E-state index contributed by atoms with van der Waals surface area (Å²) in [6, 6.07) is 11.6. The monoisotopic (exact) mass is 376 g/mol. The Morgan fingerprint density at radius 3 is 2.64 bits per heavy atom. The van der Waals surface area contributed by atoms with Gasteiger partial charge in [-0.05, 0) is 23.8 Å². The van der Waals surface area contributed by atoms with Crippen LogP contribution >= 0.6 is 0 Å². The maximum absolute atomic E-state index is 10.3. The molecule has 3 aromatic rings. The zero-order chi connectivity index (χ0) is 20.0. The number of aromatic nitrogens is 1. The molecule has 0 fully saturated rings. The fourth-order valence-corrected chi connectivity index (χ4v) is 3.43. The topological polar surface area (TPSA) is 148 Å². The van der Waals surface area contributed by atoms with E-state index in [1.165, 1.54) is 19.2 Å². The van der Waals surface area contributed by atoms with Crippen LogP contribution in [0.5, 0.6) is 28.9 Å². The lowest BCUT2D eigenvalue weighted by Gasteiger charge is -2.29. The van der Waals surface area contributed by atoms with Gasteiger partial charge in [0.15, 0.2) is 11.5 Å².